The quantitative estimate of drug-likeness (QED) is 0.697. The number of nitrogens with zero attached hydrogens (tertiary/aromatic N) is 2. The maximum Gasteiger partial charge on any atom is 0.293 e. The number of rotatable bonds is 5. The first-order valence-electron chi connectivity index (χ1n) is 9.44. The van der Waals surface area contributed by atoms with Crippen LogP contribution in [0.15, 0.2) is 0 Å². The molecule has 25 heavy (non-hydrogen) atoms. The van der Waals surface area contributed by atoms with Gasteiger partial charge in [-0.3, -0.25) is 14.5 Å². The van der Waals surface area contributed by atoms with E-state index in [1.807, 2.05) is 25.7 Å². The largest absolute Gasteiger partial charge is 0.462 e. The zero-order chi connectivity index (χ0) is 18.7. The van der Waals surface area contributed by atoms with E-state index in [4.69, 9.17) is 0 Å². The first-order valence-corrected chi connectivity index (χ1v) is 9.44. The molecule has 146 valence electrons. The van der Waals surface area contributed by atoms with Gasteiger partial charge >= 0.3 is 0 Å². The summed E-state index contributed by atoms with van der Waals surface area (Å²) in [4.78, 5) is 26.5. The van der Waals surface area contributed by atoms with Crippen LogP contribution in [0.4, 0.5) is 0 Å². The molecular formula is C18H36N4O3. The maximum atomic E-state index is 12.5. The second-order valence-electron chi connectivity index (χ2n) is 7.51. The third kappa shape index (κ3) is 8.65. The molecule has 0 aliphatic carbocycles. The number of hydrogen-bond donors (Lipinski definition) is 2. The molecule has 2 aliphatic heterocycles. The van der Waals surface area contributed by atoms with Crippen LogP contribution in [0.1, 0.15) is 40.5 Å². The minimum atomic E-state index is -0.318. The average molecular weight is 357 g/mol. The van der Waals surface area contributed by atoms with Gasteiger partial charge in [-0.15, -0.1) is 0 Å². The van der Waals surface area contributed by atoms with Gasteiger partial charge in [0, 0.05) is 45.8 Å². The first-order chi connectivity index (χ1) is 11.9. The minimum absolute atomic E-state index is 0.0587. The summed E-state index contributed by atoms with van der Waals surface area (Å²) < 4.78 is 4.55. The van der Waals surface area contributed by atoms with Gasteiger partial charge in [0.05, 0.1) is 0 Å². The molecule has 7 nitrogen and oxygen atoms in total. The Labute approximate surface area is 152 Å². The molecular weight excluding hydrogens is 320 g/mol. The Balaban J connectivity index is 0.000000381. The standard InChI is InChI=1S/C13H26N4O.C5H10O2/c1-2-3-7-16-8-6-15-11-12(16)13(18)17-9-4-14-5-10-17;1-5(2,3)7-4-6/h12,14-15H,2-11H2,1H3;4H,1-3H3. The fourth-order valence-electron chi connectivity index (χ4n) is 2.86. The van der Waals surface area contributed by atoms with Crippen molar-refractivity contribution in [3.63, 3.8) is 0 Å². The van der Waals surface area contributed by atoms with Crippen LogP contribution >= 0.6 is 0 Å². The van der Waals surface area contributed by atoms with E-state index >= 15 is 0 Å². The molecule has 2 rings (SSSR count). The predicted molar refractivity (Wildman–Crippen MR) is 99.5 cm³/mol. The van der Waals surface area contributed by atoms with Gasteiger partial charge < -0.3 is 20.3 Å². The molecule has 1 amide bonds. The molecule has 7 heteroatoms. The van der Waals surface area contributed by atoms with Crippen molar-refractivity contribution in [3.8, 4) is 0 Å². The number of piperazine rings is 2. The van der Waals surface area contributed by atoms with Gasteiger partial charge in [-0.2, -0.15) is 0 Å². The molecule has 2 N–H and O–H groups in total. The van der Waals surface area contributed by atoms with Gasteiger partial charge in [-0.1, -0.05) is 13.3 Å². The lowest BCUT2D eigenvalue weighted by Crippen LogP contribution is -2.60. The molecule has 2 aliphatic rings. The molecule has 0 radical (unpaired) electrons. The van der Waals surface area contributed by atoms with Crippen molar-refractivity contribution in [2.75, 3.05) is 52.4 Å². The third-order valence-electron chi connectivity index (χ3n) is 4.27. The Morgan fingerprint density at radius 2 is 1.80 bits per heavy atom. The molecule has 0 saturated carbocycles. The number of ether oxygens (including phenoxy) is 1. The van der Waals surface area contributed by atoms with Crippen molar-refractivity contribution in [1.82, 2.24) is 20.4 Å². The van der Waals surface area contributed by atoms with Gasteiger partial charge in [-0.05, 0) is 33.7 Å². The van der Waals surface area contributed by atoms with E-state index in [1.54, 1.807) is 0 Å². The van der Waals surface area contributed by atoms with Crippen LogP contribution in [0.2, 0.25) is 0 Å². The number of nitrogens with one attached hydrogen (secondary N) is 2. The van der Waals surface area contributed by atoms with Gasteiger partial charge in [0.2, 0.25) is 5.91 Å². The van der Waals surface area contributed by atoms with Crippen molar-refractivity contribution in [3.05, 3.63) is 0 Å². The fraction of sp³-hybridized carbons (Fsp3) is 0.889. The van der Waals surface area contributed by atoms with Gasteiger partial charge in [-0.25, -0.2) is 0 Å². The van der Waals surface area contributed by atoms with Crippen LogP contribution in [0.3, 0.4) is 0 Å². The second kappa shape index (κ2) is 11.4. The highest BCUT2D eigenvalue weighted by Crippen LogP contribution is 2.09. The van der Waals surface area contributed by atoms with Crippen LogP contribution in [0, 0.1) is 0 Å². The highest BCUT2D eigenvalue weighted by molar-refractivity contribution is 5.82. The maximum absolute atomic E-state index is 12.5. The van der Waals surface area contributed by atoms with E-state index < -0.39 is 0 Å². The lowest BCUT2D eigenvalue weighted by atomic mass is 10.1. The number of carbonyl (C=O) groups is 2. The van der Waals surface area contributed by atoms with Crippen LogP contribution < -0.4 is 10.6 Å². The van der Waals surface area contributed by atoms with Crippen molar-refractivity contribution < 1.29 is 14.3 Å². The average Bonchev–Trinajstić information content (AvgIpc) is 2.60. The second-order valence-corrected chi connectivity index (χ2v) is 7.51. The Morgan fingerprint density at radius 1 is 1.16 bits per heavy atom. The molecule has 0 aromatic heterocycles. The van der Waals surface area contributed by atoms with Gasteiger partial charge in [0.1, 0.15) is 11.6 Å². The van der Waals surface area contributed by atoms with Crippen LogP contribution in [0.25, 0.3) is 0 Å². The van der Waals surface area contributed by atoms with E-state index in [-0.39, 0.29) is 11.6 Å². The minimum Gasteiger partial charge on any atom is -0.462 e. The molecule has 0 aromatic rings. The summed E-state index contributed by atoms with van der Waals surface area (Å²) >= 11 is 0. The molecule has 2 saturated heterocycles. The molecule has 0 aromatic carbocycles. The number of unbranched alkanes of at least 4 members (excludes halogenated alkanes) is 1. The summed E-state index contributed by atoms with van der Waals surface area (Å²) in [5.74, 6) is 0.319. The highest BCUT2D eigenvalue weighted by atomic mass is 16.5. The lowest BCUT2D eigenvalue weighted by Gasteiger charge is -2.39. The summed E-state index contributed by atoms with van der Waals surface area (Å²) in [6.45, 7) is 15.6. The molecule has 2 heterocycles. The van der Waals surface area contributed by atoms with E-state index in [0.29, 0.717) is 12.4 Å². The smallest absolute Gasteiger partial charge is 0.293 e. The Hall–Kier alpha value is -1.18. The Morgan fingerprint density at radius 3 is 2.32 bits per heavy atom. The van der Waals surface area contributed by atoms with E-state index in [9.17, 15) is 9.59 Å². The SMILES string of the molecule is CC(C)(C)OC=O.CCCCN1CCNCC1C(=O)N1CCNCC1. The summed E-state index contributed by atoms with van der Waals surface area (Å²) in [6, 6.07) is 0.0587. The molecule has 0 bridgehead atoms. The normalized spacial score (nSPS) is 21.9. The van der Waals surface area contributed by atoms with Crippen LogP contribution in [-0.2, 0) is 14.3 Å². The Bertz CT molecular complexity index is 392. The molecule has 1 unspecified atom stereocenters. The molecule has 0 spiro atoms. The first kappa shape index (κ1) is 21.9. The summed E-state index contributed by atoms with van der Waals surface area (Å²) in [5, 5.41) is 6.65. The van der Waals surface area contributed by atoms with Gasteiger partial charge in [0.25, 0.3) is 6.47 Å². The number of amides is 1. The zero-order valence-corrected chi connectivity index (χ0v) is 16.3. The van der Waals surface area contributed by atoms with Crippen LogP contribution in [-0.4, -0.2) is 86.2 Å². The van der Waals surface area contributed by atoms with Crippen molar-refractivity contribution in [2.45, 2.75) is 52.2 Å². The van der Waals surface area contributed by atoms with Crippen molar-refractivity contribution >= 4 is 12.4 Å². The fourth-order valence-corrected chi connectivity index (χ4v) is 2.86. The van der Waals surface area contributed by atoms with E-state index in [0.717, 1.165) is 52.4 Å². The zero-order valence-electron chi connectivity index (χ0n) is 16.3. The van der Waals surface area contributed by atoms with Crippen molar-refractivity contribution in [2.24, 2.45) is 0 Å². The van der Waals surface area contributed by atoms with Crippen molar-refractivity contribution in [1.29, 1.82) is 0 Å². The number of carbonyl (C=O) groups excluding carboxylic acids is 2. The molecule has 2 fully saturated rings. The number of hydrogen-bond acceptors (Lipinski definition) is 6. The van der Waals surface area contributed by atoms with Gasteiger partial charge in [0.15, 0.2) is 0 Å². The third-order valence-corrected chi connectivity index (χ3v) is 4.27. The summed E-state index contributed by atoms with van der Waals surface area (Å²) in [7, 11) is 0. The van der Waals surface area contributed by atoms with E-state index in [1.165, 1.54) is 12.8 Å². The predicted octanol–water partition coefficient (Wildman–Crippen LogP) is 0.450. The summed E-state index contributed by atoms with van der Waals surface area (Å²) in [6.07, 6.45) is 2.38. The topological polar surface area (TPSA) is 73.9 Å². The summed E-state index contributed by atoms with van der Waals surface area (Å²) in [5.41, 5.74) is -0.318. The van der Waals surface area contributed by atoms with Crippen LogP contribution in [0.5, 0.6) is 0 Å². The van der Waals surface area contributed by atoms with E-state index in [2.05, 4.69) is 27.2 Å². The Kier molecular flexibility index (Phi) is 10.0. The monoisotopic (exact) mass is 356 g/mol. The highest BCUT2D eigenvalue weighted by Gasteiger charge is 2.31. The molecule has 1 atom stereocenters. The lowest BCUT2D eigenvalue weighted by molar-refractivity contribution is -0.139.